The predicted molar refractivity (Wildman–Crippen MR) is 140 cm³/mol. The lowest BCUT2D eigenvalue weighted by Gasteiger charge is -2.41. The quantitative estimate of drug-likeness (QED) is 0.254. The predicted octanol–water partition coefficient (Wildman–Crippen LogP) is 3.04. The summed E-state index contributed by atoms with van der Waals surface area (Å²) in [5.41, 5.74) is -0.300. The first kappa shape index (κ1) is 28.3. The number of ether oxygens (including phenoxy) is 1. The van der Waals surface area contributed by atoms with Gasteiger partial charge in [-0.2, -0.15) is 0 Å². The number of piperazine rings is 1. The molecule has 0 spiro atoms. The highest BCUT2D eigenvalue weighted by molar-refractivity contribution is 7.99. The van der Waals surface area contributed by atoms with Gasteiger partial charge < -0.3 is 24.8 Å². The molecular formula is C24H37ClN6O4S. The van der Waals surface area contributed by atoms with Crippen molar-refractivity contribution in [2.45, 2.75) is 64.2 Å². The van der Waals surface area contributed by atoms with Gasteiger partial charge in [-0.05, 0) is 47.5 Å². The van der Waals surface area contributed by atoms with Crippen molar-refractivity contribution in [1.82, 2.24) is 25.1 Å². The number of hydrogen-bond acceptors (Lipinski definition) is 8. The fraction of sp³-hybridized carbons (Fsp3) is 0.708. The minimum absolute atomic E-state index is 0.0148. The average Bonchev–Trinajstić information content (AvgIpc) is 2.81. The van der Waals surface area contributed by atoms with Crippen LogP contribution < -0.4 is 10.2 Å². The van der Waals surface area contributed by atoms with E-state index in [4.69, 9.17) is 16.3 Å². The molecule has 36 heavy (non-hydrogen) atoms. The van der Waals surface area contributed by atoms with Gasteiger partial charge in [-0.1, -0.05) is 23.4 Å². The van der Waals surface area contributed by atoms with Gasteiger partial charge in [0.05, 0.1) is 18.3 Å². The molecule has 2 aliphatic rings. The zero-order valence-corrected chi connectivity index (χ0v) is 23.3. The second-order valence-electron chi connectivity index (χ2n) is 10.2. The first-order chi connectivity index (χ1) is 17.0. The van der Waals surface area contributed by atoms with E-state index in [-0.39, 0.29) is 41.2 Å². The Morgan fingerprint density at radius 3 is 2.61 bits per heavy atom. The average molecular weight is 541 g/mol. The van der Waals surface area contributed by atoms with Crippen molar-refractivity contribution in [2.75, 3.05) is 50.0 Å². The third-order valence-electron chi connectivity index (χ3n) is 6.07. The number of aromatic nitrogens is 2. The molecule has 0 aromatic carbocycles. The molecule has 0 saturated carbocycles. The molecule has 2 saturated heterocycles. The second kappa shape index (κ2) is 12.3. The molecule has 2 fully saturated rings. The normalized spacial score (nSPS) is 20.8. The van der Waals surface area contributed by atoms with Crippen LogP contribution in [0.25, 0.3) is 0 Å². The number of piperidine rings is 1. The van der Waals surface area contributed by atoms with E-state index in [1.165, 1.54) is 11.8 Å². The molecule has 2 atom stereocenters. The van der Waals surface area contributed by atoms with E-state index >= 15 is 0 Å². The van der Waals surface area contributed by atoms with Crippen LogP contribution in [0.2, 0.25) is 5.15 Å². The van der Waals surface area contributed by atoms with Crippen molar-refractivity contribution < 1.29 is 19.1 Å². The summed E-state index contributed by atoms with van der Waals surface area (Å²) < 4.78 is 5.12. The summed E-state index contributed by atoms with van der Waals surface area (Å²) in [6.07, 6.45) is 1.51. The van der Waals surface area contributed by atoms with Gasteiger partial charge in [0.2, 0.25) is 5.91 Å². The zero-order chi connectivity index (χ0) is 26.5. The van der Waals surface area contributed by atoms with Crippen LogP contribution >= 0.6 is 23.4 Å². The molecule has 3 heterocycles. The van der Waals surface area contributed by atoms with E-state index < -0.39 is 0 Å². The van der Waals surface area contributed by atoms with Gasteiger partial charge in [0.25, 0.3) is 0 Å². The lowest BCUT2D eigenvalue weighted by molar-refractivity contribution is -0.151. The van der Waals surface area contributed by atoms with E-state index in [1.807, 2.05) is 32.6 Å². The number of nitrogens with one attached hydrogen (secondary N) is 1. The fourth-order valence-corrected chi connectivity index (χ4v) is 5.33. The number of amides is 3. The van der Waals surface area contributed by atoms with E-state index in [0.717, 1.165) is 12.8 Å². The molecule has 0 aliphatic carbocycles. The standard InChI is InChI=1S/C24H37ClN6O4S/c1-6-35-21(33)17-8-7-9-30(14-17)20(32)15-36-22-26-18(25)12-19(27-22)29-10-11-31(16(2)13-29)23(34)28-24(3,4)5/h12,16-17H,6-11,13-15H2,1-5H3,(H,28,34). The second-order valence-corrected chi connectivity index (χ2v) is 11.5. The fourth-order valence-electron chi connectivity index (χ4n) is 4.35. The SMILES string of the molecule is CCOC(=O)C1CCCN(C(=O)CSc2nc(Cl)cc(N3CCN(C(=O)NC(C)(C)C)C(C)C3)n2)C1. The summed E-state index contributed by atoms with van der Waals surface area (Å²) in [6, 6.07) is 1.62. The Labute approximate surface area is 222 Å². The van der Waals surface area contributed by atoms with E-state index in [0.29, 0.717) is 55.5 Å². The highest BCUT2D eigenvalue weighted by Gasteiger charge is 2.31. The summed E-state index contributed by atoms with van der Waals surface area (Å²) in [5.74, 6) is 0.259. The first-order valence-corrected chi connectivity index (χ1v) is 13.8. The lowest BCUT2D eigenvalue weighted by atomic mass is 9.98. The number of carbonyl (C=O) groups is 3. The first-order valence-electron chi connectivity index (χ1n) is 12.4. The number of halogens is 1. The third-order valence-corrected chi connectivity index (χ3v) is 7.10. The number of nitrogens with zero attached hydrogens (tertiary/aromatic N) is 5. The van der Waals surface area contributed by atoms with E-state index in [9.17, 15) is 14.4 Å². The number of likely N-dealkylation sites (tertiary alicyclic amines) is 1. The summed E-state index contributed by atoms with van der Waals surface area (Å²) >= 11 is 7.52. The molecule has 200 valence electrons. The number of urea groups is 1. The van der Waals surface area contributed by atoms with Gasteiger partial charge in [0.1, 0.15) is 11.0 Å². The topological polar surface area (TPSA) is 108 Å². The Morgan fingerprint density at radius 1 is 1.19 bits per heavy atom. The van der Waals surface area contributed by atoms with Gasteiger partial charge >= 0.3 is 12.0 Å². The lowest BCUT2D eigenvalue weighted by Crippen LogP contribution is -2.59. The maximum Gasteiger partial charge on any atom is 0.318 e. The summed E-state index contributed by atoms with van der Waals surface area (Å²) in [6.45, 7) is 12.8. The minimum Gasteiger partial charge on any atom is -0.466 e. The molecule has 1 N–H and O–H groups in total. The molecule has 3 rings (SSSR count). The molecule has 0 bridgehead atoms. The van der Waals surface area contributed by atoms with Crippen LogP contribution in [-0.2, 0) is 14.3 Å². The van der Waals surface area contributed by atoms with Crippen molar-refractivity contribution in [2.24, 2.45) is 5.92 Å². The molecule has 2 aliphatic heterocycles. The maximum absolute atomic E-state index is 12.8. The van der Waals surface area contributed by atoms with Crippen LogP contribution in [0.15, 0.2) is 11.2 Å². The van der Waals surface area contributed by atoms with Gasteiger partial charge in [-0.3, -0.25) is 9.59 Å². The smallest absolute Gasteiger partial charge is 0.318 e. The molecule has 1 aromatic heterocycles. The van der Waals surface area contributed by atoms with Crippen LogP contribution in [-0.4, -0.2) is 94.3 Å². The van der Waals surface area contributed by atoms with E-state index in [1.54, 1.807) is 17.9 Å². The van der Waals surface area contributed by atoms with Crippen LogP contribution in [0.5, 0.6) is 0 Å². The van der Waals surface area contributed by atoms with Crippen LogP contribution in [0.1, 0.15) is 47.5 Å². The van der Waals surface area contributed by atoms with Gasteiger partial charge in [0.15, 0.2) is 5.16 Å². The Bertz CT molecular complexity index is 959. The van der Waals surface area contributed by atoms with Crippen molar-refractivity contribution in [3.63, 3.8) is 0 Å². The number of rotatable bonds is 6. The zero-order valence-electron chi connectivity index (χ0n) is 21.8. The van der Waals surface area contributed by atoms with Crippen molar-refractivity contribution in [1.29, 1.82) is 0 Å². The summed E-state index contributed by atoms with van der Waals surface area (Å²) in [4.78, 5) is 52.1. The van der Waals surface area contributed by atoms with Crippen molar-refractivity contribution in [3.05, 3.63) is 11.2 Å². The highest BCUT2D eigenvalue weighted by Crippen LogP contribution is 2.25. The largest absolute Gasteiger partial charge is 0.466 e. The highest BCUT2D eigenvalue weighted by atomic mass is 35.5. The Balaban J connectivity index is 1.58. The Morgan fingerprint density at radius 2 is 1.94 bits per heavy atom. The maximum atomic E-state index is 12.8. The number of carbonyl (C=O) groups excluding carboxylic acids is 3. The number of esters is 1. The number of thioether (sulfide) groups is 1. The summed E-state index contributed by atoms with van der Waals surface area (Å²) in [5, 5.41) is 3.74. The molecule has 3 amide bonds. The minimum atomic E-state index is -0.300. The van der Waals surface area contributed by atoms with E-state index in [2.05, 4.69) is 20.2 Å². The molecular weight excluding hydrogens is 504 g/mol. The van der Waals surface area contributed by atoms with Gasteiger partial charge in [-0.15, -0.1) is 0 Å². The van der Waals surface area contributed by atoms with Gasteiger partial charge in [-0.25, -0.2) is 14.8 Å². The summed E-state index contributed by atoms with van der Waals surface area (Å²) in [7, 11) is 0. The third kappa shape index (κ3) is 7.86. The molecule has 0 radical (unpaired) electrons. The van der Waals surface area contributed by atoms with Crippen molar-refractivity contribution in [3.8, 4) is 0 Å². The molecule has 2 unspecified atom stereocenters. The monoisotopic (exact) mass is 540 g/mol. The van der Waals surface area contributed by atoms with Crippen molar-refractivity contribution >= 4 is 47.1 Å². The van der Waals surface area contributed by atoms with Crippen LogP contribution in [0.4, 0.5) is 10.6 Å². The number of anilines is 1. The van der Waals surface area contributed by atoms with Gasteiger partial charge in [0, 0.05) is 50.4 Å². The van der Waals surface area contributed by atoms with Crippen LogP contribution in [0.3, 0.4) is 0 Å². The molecule has 1 aromatic rings. The Hall–Kier alpha value is -2.27. The molecule has 12 heteroatoms. The van der Waals surface area contributed by atoms with Crippen LogP contribution in [0, 0.1) is 5.92 Å². The number of hydrogen-bond donors (Lipinski definition) is 1. The Kier molecular flexibility index (Phi) is 9.68. The molecule has 10 nitrogen and oxygen atoms in total.